The van der Waals surface area contributed by atoms with Gasteiger partial charge in [-0.15, -0.1) is 0 Å². The van der Waals surface area contributed by atoms with Crippen molar-refractivity contribution in [2.24, 2.45) is 0 Å². The Labute approximate surface area is 96.9 Å². The zero-order valence-corrected chi connectivity index (χ0v) is 10.6. The lowest BCUT2D eigenvalue weighted by Crippen LogP contribution is -2.49. The van der Waals surface area contributed by atoms with E-state index in [-0.39, 0.29) is 17.7 Å². The molecule has 2 aliphatic heterocycles. The van der Waals surface area contributed by atoms with Gasteiger partial charge in [-0.3, -0.25) is 0 Å². The van der Waals surface area contributed by atoms with E-state index in [4.69, 9.17) is 9.47 Å². The third-order valence-electron chi connectivity index (χ3n) is 3.19. The highest BCUT2D eigenvalue weighted by molar-refractivity contribution is 5.68. The van der Waals surface area contributed by atoms with Crippen LogP contribution >= 0.6 is 0 Å². The van der Waals surface area contributed by atoms with Gasteiger partial charge >= 0.3 is 6.09 Å². The number of likely N-dealkylation sites (tertiary alicyclic amines) is 1. The highest BCUT2D eigenvalue weighted by Gasteiger charge is 2.50. The molecule has 4 nitrogen and oxygen atoms in total. The summed E-state index contributed by atoms with van der Waals surface area (Å²) in [6.07, 6.45) is 1.68. The number of hydrogen-bond acceptors (Lipinski definition) is 3. The fraction of sp³-hybridized carbons (Fsp3) is 0.917. The van der Waals surface area contributed by atoms with Gasteiger partial charge in [0, 0.05) is 12.6 Å². The van der Waals surface area contributed by atoms with E-state index in [1.807, 2.05) is 25.7 Å². The second-order valence-corrected chi connectivity index (χ2v) is 5.95. The first-order valence-electron chi connectivity index (χ1n) is 5.95. The highest BCUT2D eigenvalue weighted by Crippen LogP contribution is 2.40. The van der Waals surface area contributed by atoms with E-state index in [0.29, 0.717) is 0 Å². The zero-order valence-electron chi connectivity index (χ0n) is 10.6. The summed E-state index contributed by atoms with van der Waals surface area (Å²) in [5, 5.41) is 0. The minimum Gasteiger partial charge on any atom is -0.444 e. The van der Waals surface area contributed by atoms with Crippen LogP contribution in [0.25, 0.3) is 0 Å². The molecule has 16 heavy (non-hydrogen) atoms. The maximum absolute atomic E-state index is 11.9. The van der Waals surface area contributed by atoms with Crippen molar-refractivity contribution in [2.45, 2.75) is 57.8 Å². The van der Waals surface area contributed by atoms with Crippen LogP contribution < -0.4 is 0 Å². The summed E-state index contributed by atoms with van der Waals surface area (Å²) in [4.78, 5) is 13.7. The van der Waals surface area contributed by atoms with Crippen molar-refractivity contribution in [3.05, 3.63) is 0 Å². The molecule has 2 rings (SSSR count). The van der Waals surface area contributed by atoms with Crippen LogP contribution in [-0.2, 0) is 9.47 Å². The Balaban J connectivity index is 1.92. The molecule has 2 heterocycles. The lowest BCUT2D eigenvalue weighted by molar-refractivity contribution is 0.00441. The van der Waals surface area contributed by atoms with Gasteiger partial charge in [-0.1, -0.05) is 0 Å². The number of piperidine rings is 1. The molecule has 92 valence electrons. The van der Waals surface area contributed by atoms with E-state index < -0.39 is 5.60 Å². The molecule has 2 saturated heterocycles. The standard InChI is InChI=1S/C12H21NO3/c1-9-7-12(8-15-12)5-6-13(9)10(14)16-11(2,3)4/h9H,5-8H2,1-4H3/t9-,12+/m0/s1. The lowest BCUT2D eigenvalue weighted by atomic mass is 9.92. The molecule has 0 N–H and O–H groups in total. The smallest absolute Gasteiger partial charge is 0.410 e. The summed E-state index contributed by atoms with van der Waals surface area (Å²) in [5.74, 6) is 0. The minimum absolute atomic E-state index is 0.0952. The number of rotatable bonds is 0. The van der Waals surface area contributed by atoms with Gasteiger partial charge in [0.25, 0.3) is 0 Å². The van der Waals surface area contributed by atoms with Crippen LogP contribution in [0.15, 0.2) is 0 Å². The topological polar surface area (TPSA) is 42.1 Å². The van der Waals surface area contributed by atoms with Crippen LogP contribution in [0.4, 0.5) is 4.79 Å². The summed E-state index contributed by atoms with van der Waals surface area (Å²) in [5.41, 5.74) is -0.319. The van der Waals surface area contributed by atoms with E-state index in [0.717, 1.165) is 26.0 Å². The molecule has 0 bridgehead atoms. The highest BCUT2D eigenvalue weighted by atomic mass is 16.6. The normalized spacial score (nSPS) is 34.0. The van der Waals surface area contributed by atoms with E-state index in [1.165, 1.54) is 0 Å². The Hall–Kier alpha value is -0.770. The maximum Gasteiger partial charge on any atom is 0.410 e. The fourth-order valence-electron chi connectivity index (χ4n) is 2.25. The van der Waals surface area contributed by atoms with Gasteiger partial charge in [0.05, 0.1) is 12.2 Å². The van der Waals surface area contributed by atoms with Crippen LogP contribution in [0.5, 0.6) is 0 Å². The van der Waals surface area contributed by atoms with Crippen LogP contribution in [0.1, 0.15) is 40.5 Å². The van der Waals surface area contributed by atoms with E-state index >= 15 is 0 Å². The molecule has 0 aromatic rings. The number of amides is 1. The number of carbonyl (C=O) groups excluding carboxylic acids is 1. The largest absolute Gasteiger partial charge is 0.444 e. The Morgan fingerprint density at radius 1 is 1.50 bits per heavy atom. The van der Waals surface area contributed by atoms with E-state index in [2.05, 4.69) is 6.92 Å². The Kier molecular flexibility index (Phi) is 2.65. The average molecular weight is 227 g/mol. The Bertz CT molecular complexity index is 291. The summed E-state index contributed by atoms with van der Waals surface area (Å²) < 4.78 is 10.8. The fourth-order valence-corrected chi connectivity index (χ4v) is 2.25. The second-order valence-electron chi connectivity index (χ2n) is 5.95. The SMILES string of the molecule is C[C@H]1C[C@]2(CCN1C(=O)OC(C)(C)C)CO2. The van der Waals surface area contributed by atoms with E-state index in [9.17, 15) is 4.79 Å². The average Bonchev–Trinajstić information content (AvgIpc) is 2.81. The molecule has 2 atom stereocenters. The van der Waals surface area contributed by atoms with Crippen LogP contribution in [0.3, 0.4) is 0 Å². The lowest BCUT2D eigenvalue weighted by Gasteiger charge is -2.37. The maximum atomic E-state index is 11.9. The molecule has 4 heteroatoms. The van der Waals surface area contributed by atoms with E-state index in [1.54, 1.807) is 0 Å². The molecule has 0 saturated carbocycles. The Morgan fingerprint density at radius 3 is 2.56 bits per heavy atom. The van der Waals surface area contributed by atoms with Gasteiger partial charge in [0.15, 0.2) is 0 Å². The van der Waals surface area contributed by atoms with Gasteiger partial charge in [-0.2, -0.15) is 0 Å². The molecule has 2 aliphatic rings. The van der Waals surface area contributed by atoms with Crippen molar-refractivity contribution in [3.8, 4) is 0 Å². The number of nitrogens with zero attached hydrogens (tertiary/aromatic N) is 1. The summed E-state index contributed by atoms with van der Waals surface area (Å²) >= 11 is 0. The third-order valence-corrected chi connectivity index (χ3v) is 3.19. The van der Waals surface area contributed by atoms with Crippen molar-refractivity contribution >= 4 is 6.09 Å². The van der Waals surface area contributed by atoms with Crippen molar-refractivity contribution in [2.75, 3.05) is 13.2 Å². The predicted molar refractivity (Wildman–Crippen MR) is 60.3 cm³/mol. The molecule has 1 spiro atoms. The molecular formula is C12H21NO3. The predicted octanol–water partition coefficient (Wildman–Crippen LogP) is 2.17. The third kappa shape index (κ3) is 2.48. The number of hydrogen-bond donors (Lipinski definition) is 0. The number of carbonyl (C=O) groups is 1. The van der Waals surface area contributed by atoms with Crippen molar-refractivity contribution in [1.82, 2.24) is 4.90 Å². The van der Waals surface area contributed by atoms with Crippen LogP contribution in [0.2, 0.25) is 0 Å². The molecule has 2 fully saturated rings. The molecule has 0 unspecified atom stereocenters. The van der Waals surface area contributed by atoms with Crippen LogP contribution in [-0.4, -0.2) is 41.4 Å². The van der Waals surface area contributed by atoms with Crippen molar-refractivity contribution in [1.29, 1.82) is 0 Å². The minimum atomic E-state index is -0.415. The van der Waals surface area contributed by atoms with Crippen molar-refractivity contribution in [3.63, 3.8) is 0 Å². The summed E-state index contributed by atoms with van der Waals surface area (Å²) in [6.45, 7) is 9.35. The molecule has 0 aromatic heterocycles. The first-order chi connectivity index (χ1) is 7.31. The first kappa shape index (κ1) is 11.7. The molecule has 0 aliphatic carbocycles. The first-order valence-corrected chi connectivity index (χ1v) is 5.95. The summed E-state index contributed by atoms with van der Waals surface area (Å²) in [7, 11) is 0. The number of epoxide rings is 1. The van der Waals surface area contributed by atoms with Crippen molar-refractivity contribution < 1.29 is 14.3 Å². The number of ether oxygens (including phenoxy) is 2. The van der Waals surface area contributed by atoms with Gasteiger partial charge in [-0.25, -0.2) is 4.79 Å². The zero-order chi connectivity index (χ0) is 12.0. The second kappa shape index (κ2) is 3.62. The molecule has 0 aromatic carbocycles. The summed E-state index contributed by atoms with van der Waals surface area (Å²) in [6, 6.07) is 0.214. The van der Waals surface area contributed by atoms with Gasteiger partial charge in [0.2, 0.25) is 0 Å². The molecular weight excluding hydrogens is 206 g/mol. The van der Waals surface area contributed by atoms with Gasteiger partial charge in [0.1, 0.15) is 5.60 Å². The van der Waals surface area contributed by atoms with Crippen LogP contribution in [0, 0.1) is 0 Å². The van der Waals surface area contributed by atoms with Gasteiger partial charge < -0.3 is 14.4 Å². The Morgan fingerprint density at radius 2 is 2.12 bits per heavy atom. The molecule has 1 amide bonds. The monoisotopic (exact) mass is 227 g/mol. The molecule has 0 radical (unpaired) electrons. The van der Waals surface area contributed by atoms with Gasteiger partial charge in [-0.05, 0) is 40.5 Å². The quantitative estimate of drug-likeness (QED) is 0.596.